The summed E-state index contributed by atoms with van der Waals surface area (Å²) in [4.78, 5) is 13.7. The van der Waals surface area contributed by atoms with Gasteiger partial charge in [0.25, 0.3) is 0 Å². The van der Waals surface area contributed by atoms with Gasteiger partial charge in [0.2, 0.25) is 5.91 Å². The largest absolute Gasteiger partial charge is 0.405 e. The Morgan fingerprint density at radius 3 is 2.59 bits per heavy atom. The Morgan fingerprint density at radius 2 is 2.05 bits per heavy atom. The Kier molecular flexibility index (Phi) is 5.34. The molecule has 1 saturated carbocycles. The van der Waals surface area contributed by atoms with E-state index in [0.29, 0.717) is 5.02 Å². The fourth-order valence-electron chi connectivity index (χ4n) is 2.40. The van der Waals surface area contributed by atoms with Gasteiger partial charge in [0.05, 0.1) is 6.54 Å². The Morgan fingerprint density at radius 1 is 1.41 bits per heavy atom. The van der Waals surface area contributed by atoms with Crippen molar-refractivity contribution in [1.29, 1.82) is 0 Å². The molecule has 2 rings (SSSR count). The van der Waals surface area contributed by atoms with Gasteiger partial charge >= 0.3 is 6.18 Å². The molecule has 22 heavy (non-hydrogen) atoms. The van der Waals surface area contributed by atoms with Gasteiger partial charge in [-0.15, -0.1) is 0 Å². The highest BCUT2D eigenvalue weighted by Gasteiger charge is 2.35. The molecule has 3 nitrogen and oxygen atoms in total. The molecule has 1 aromatic carbocycles. The summed E-state index contributed by atoms with van der Waals surface area (Å²) in [6.45, 7) is 0.550. The van der Waals surface area contributed by atoms with Gasteiger partial charge in [-0.1, -0.05) is 29.8 Å². The number of hydrogen-bond donors (Lipinski definition) is 1. The van der Waals surface area contributed by atoms with Crippen LogP contribution >= 0.6 is 11.6 Å². The van der Waals surface area contributed by atoms with Gasteiger partial charge in [-0.25, -0.2) is 0 Å². The molecule has 1 unspecified atom stereocenters. The van der Waals surface area contributed by atoms with E-state index in [9.17, 15) is 18.0 Å². The lowest BCUT2D eigenvalue weighted by Gasteiger charge is -2.29. The third-order valence-corrected chi connectivity index (χ3v) is 4.03. The molecule has 7 heteroatoms. The number of alkyl halides is 3. The molecule has 1 fully saturated rings. The summed E-state index contributed by atoms with van der Waals surface area (Å²) in [6, 6.07) is 7.40. The second-order valence-corrected chi connectivity index (χ2v) is 5.90. The molecule has 0 aliphatic heterocycles. The van der Waals surface area contributed by atoms with Crippen molar-refractivity contribution in [3.05, 3.63) is 34.9 Å². The molecule has 0 heterocycles. The monoisotopic (exact) mass is 334 g/mol. The fraction of sp³-hybridized carbons (Fsp3) is 0.533. The van der Waals surface area contributed by atoms with Crippen LogP contribution in [-0.4, -0.2) is 36.1 Å². The first-order valence-corrected chi connectivity index (χ1v) is 7.49. The summed E-state index contributed by atoms with van der Waals surface area (Å²) in [5, 5.41) is 2.51. The van der Waals surface area contributed by atoms with Crippen molar-refractivity contribution in [2.24, 2.45) is 0 Å². The van der Waals surface area contributed by atoms with E-state index in [0.717, 1.165) is 18.4 Å². The second-order valence-electron chi connectivity index (χ2n) is 5.49. The lowest BCUT2D eigenvalue weighted by Crippen LogP contribution is -2.42. The van der Waals surface area contributed by atoms with Crippen LogP contribution in [0.2, 0.25) is 5.02 Å². The second kappa shape index (κ2) is 6.87. The zero-order chi connectivity index (χ0) is 16.3. The molecule has 1 amide bonds. The van der Waals surface area contributed by atoms with E-state index in [1.807, 2.05) is 35.3 Å². The lowest BCUT2D eigenvalue weighted by molar-refractivity contribution is -0.139. The van der Waals surface area contributed by atoms with Crippen molar-refractivity contribution >= 4 is 17.5 Å². The summed E-state index contributed by atoms with van der Waals surface area (Å²) < 4.78 is 36.5. The standard InChI is InChI=1S/C15H18ClF3N2O/c1-10(12-4-2-3-5-13(12)16)21(11-6-7-11)8-14(22)20-9-15(17,18)19/h2-5,10-11H,6-9H2,1H3,(H,20,22). The Hall–Kier alpha value is -1.27. The van der Waals surface area contributed by atoms with Crippen LogP contribution in [0.3, 0.4) is 0 Å². The number of rotatable bonds is 6. The maximum atomic E-state index is 12.2. The number of halogens is 4. The van der Waals surface area contributed by atoms with E-state index < -0.39 is 18.6 Å². The number of nitrogens with zero attached hydrogens (tertiary/aromatic N) is 1. The minimum atomic E-state index is -4.39. The maximum absolute atomic E-state index is 12.2. The van der Waals surface area contributed by atoms with Crippen molar-refractivity contribution in [3.63, 3.8) is 0 Å². The van der Waals surface area contributed by atoms with E-state index in [1.165, 1.54) is 0 Å². The molecule has 1 aromatic rings. The summed E-state index contributed by atoms with van der Waals surface area (Å²) in [7, 11) is 0. The van der Waals surface area contributed by atoms with E-state index in [1.54, 1.807) is 6.07 Å². The van der Waals surface area contributed by atoms with Crippen LogP contribution in [0.25, 0.3) is 0 Å². The number of hydrogen-bond acceptors (Lipinski definition) is 2. The summed E-state index contributed by atoms with van der Waals surface area (Å²) >= 11 is 6.17. The molecule has 0 spiro atoms. The van der Waals surface area contributed by atoms with E-state index in [2.05, 4.69) is 0 Å². The highest BCUT2D eigenvalue weighted by molar-refractivity contribution is 6.31. The van der Waals surface area contributed by atoms with Crippen molar-refractivity contribution in [2.75, 3.05) is 13.1 Å². The number of nitrogens with one attached hydrogen (secondary N) is 1. The van der Waals surface area contributed by atoms with Gasteiger partial charge in [-0.05, 0) is 31.4 Å². The number of carbonyl (C=O) groups is 1. The van der Waals surface area contributed by atoms with Crippen molar-refractivity contribution in [3.8, 4) is 0 Å². The number of amides is 1. The number of carbonyl (C=O) groups excluding carboxylic acids is 1. The minimum Gasteiger partial charge on any atom is -0.346 e. The molecule has 0 saturated heterocycles. The Labute approximate surface area is 132 Å². The van der Waals surface area contributed by atoms with E-state index in [4.69, 9.17) is 11.6 Å². The van der Waals surface area contributed by atoms with Crippen molar-refractivity contribution in [2.45, 2.75) is 38.0 Å². The van der Waals surface area contributed by atoms with E-state index in [-0.39, 0.29) is 18.6 Å². The van der Waals surface area contributed by atoms with Crippen LogP contribution in [0, 0.1) is 0 Å². The fourth-order valence-corrected chi connectivity index (χ4v) is 2.70. The maximum Gasteiger partial charge on any atom is 0.405 e. The average molecular weight is 335 g/mol. The highest BCUT2D eigenvalue weighted by Crippen LogP contribution is 2.36. The highest BCUT2D eigenvalue weighted by atomic mass is 35.5. The summed E-state index contributed by atoms with van der Waals surface area (Å²) in [6.07, 6.45) is -2.50. The molecular weight excluding hydrogens is 317 g/mol. The van der Waals surface area contributed by atoms with Crippen molar-refractivity contribution < 1.29 is 18.0 Å². The molecule has 1 N–H and O–H groups in total. The van der Waals surface area contributed by atoms with Gasteiger partial charge in [0.1, 0.15) is 6.54 Å². The minimum absolute atomic E-state index is 0.0624. The molecule has 122 valence electrons. The molecule has 1 aliphatic carbocycles. The van der Waals surface area contributed by atoms with Crippen LogP contribution in [0.1, 0.15) is 31.4 Å². The third kappa shape index (κ3) is 4.88. The smallest absolute Gasteiger partial charge is 0.346 e. The first-order chi connectivity index (χ1) is 10.3. The van der Waals surface area contributed by atoms with Crippen LogP contribution in [-0.2, 0) is 4.79 Å². The predicted octanol–water partition coefficient (Wildman–Crippen LogP) is 3.54. The average Bonchev–Trinajstić information content (AvgIpc) is 3.26. The molecule has 0 aromatic heterocycles. The van der Waals surface area contributed by atoms with Gasteiger partial charge in [-0.2, -0.15) is 13.2 Å². The topological polar surface area (TPSA) is 32.3 Å². The molecule has 1 atom stereocenters. The van der Waals surface area contributed by atoms with Crippen LogP contribution < -0.4 is 5.32 Å². The van der Waals surface area contributed by atoms with Gasteiger partial charge in [0, 0.05) is 17.1 Å². The predicted molar refractivity (Wildman–Crippen MR) is 78.7 cm³/mol. The zero-order valence-electron chi connectivity index (χ0n) is 12.2. The molecule has 1 aliphatic rings. The SMILES string of the molecule is CC(c1ccccc1Cl)N(CC(=O)NCC(F)(F)F)C1CC1. The quantitative estimate of drug-likeness (QED) is 0.863. The lowest BCUT2D eigenvalue weighted by atomic mass is 10.1. The number of benzene rings is 1. The van der Waals surface area contributed by atoms with Crippen LogP contribution in [0.4, 0.5) is 13.2 Å². The zero-order valence-corrected chi connectivity index (χ0v) is 12.9. The van der Waals surface area contributed by atoms with Crippen LogP contribution in [0.15, 0.2) is 24.3 Å². The van der Waals surface area contributed by atoms with Gasteiger partial charge in [0.15, 0.2) is 0 Å². The normalized spacial score (nSPS) is 16.6. The van der Waals surface area contributed by atoms with Gasteiger partial charge < -0.3 is 5.32 Å². The third-order valence-electron chi connectivity index (χ3n) is 3.68. The first-order valence-electron chi connectivity index (χ1n) is 7.11. The summed E-state index contributed by atoms with van der Waals surface area (Å²) in [5.74, 6) is -0.622. The Balaban J connectivity index is 2.01. The summed E-state index contributed by atoms with van der Waals surface area (Å²) in [5.41, 5.74) is 0.875. The first kappa shape index (κ1) is 17.1. The Bertz CT molecular complexity index is 532. The molecule has 0 bridgehead atoms. The van der Waals surface area contributed by atoms with E-state index >= 15 is 0 Å². The van der Waals surface area contributed by atoms with Gasteiger partial charge in [-0.3, -0.25) is 9.69 Å². The van der Waals surface area contributed by atoms with Crippen LogP contribution in [0.5, 0.6) is 0 Å². The molecule has 0 radical (unpaired) electrons. The molecular formula is C15H18ClF3N2O. The van der Waals surface area contributed by atoms with Crippen molar-refractivity contribution in [1.82, 2.24) is 10.2 Å².